The minimum atomic E-state index is 0.180. The van der Waals surface area contributed by atoms with Crippen molar-refractivity contribution >= 4 is 39.0 Å². The molecule has 11 aromatic rings. The summed E-state index contributed by atoms with van der Waals surface area (Å²) in [4.78, 5) is 2.44. The van der Waals surface area contributed by atoms with Gasteiger partial charge in [0.2, 0.25) is 0 Å². The van der Waals surface area contributed by atoms with Crippen molar-refractivity contribution in [2.24, 2.45) is 0 Å². The molecule has 1 atom stereocenters. The number of nitrogens with zero attached hydrogens (tertiary/aromatic N) is 1. The lowest BCUT2D eigenvalue weighted by molar-refractivity contribution is 0.669. The largest absolute Gasteiger partial charge is 0.456 e. The normalized spacial score (nSPS) is 13.2. The lowest BCUT2D eigenvalue weighted by atomic mass is 9.79. The van der Waals surface area contributed by atoms with E-state index in [1.54, 1.807) is 0 Å². The standard InChI is InChI=1S/C61H39NO/c1-3-15-39(16-4-1)40-27-29-42(30-28-40)62(44-32-34-53-56(38-44)48-22-10-11-23-50(48)59(53)41-17-5-2-6-18-41)43-31-33-49-52-35-36-58-61(54-25-13-14-26-57(54)63-58)60(52)51-24-12-9-20-46(51)45-19-7-8-21-47(45)55(49)37-43/h1-38,59H. The molecule has 0 aliphatic heterocycles. The molecule has 0 bridgehead atoms. The quantitative estimate of drug-likeness (QED) is 0.172. The summed E-state index contributed by atoms with van der Waals surface area (Å²) < 4.78 is 6.53. The van der Waals surface area contributed by atoms with Crippen molar-refractivity contribution in [3.05, 3.63) is 247 Å². The summed E-state index contributed by atoms with van der Waals surface area (Å²) in [6, 6.07) is 84.4. The number of rotatable bonds is 5. The fourth-order valence-corrected chi connectivity index (χ4v) is 10.6. The Morgan fingerprint density at radius 1 is 0.317 bits per heavy atom. The highest BCUT2D eigenvalue weighted by Gasteiger charge is 2.31. The Kier molecular flexibility index (Phi) is 8.01. The van der Waals surface area contributed by atoms with Gasteiger partial charge in [-0.25, -0.2) is 0 Å². The number of benzene rings is 10. The van der Waals surface area contributed by atoms with Crippen LogP contribution in [0.25, 0.3) is 88.7 Å². The molecule has 0 amide bonds. The van der Waals surface area contributed by atoms with Crippen LogP contribution in [-0.4, -0.2) is 0 Å². The van der Waals surface area contributed by atoms with Crippen molar-refractivity contribution in [3.8, 4) is 66.8 Å². The maximum atomic E-state index is 6.53. The zero-order chi connectivity index (χ0) is 41.4. The molecule has 0 spiro atoms. The zero-order valence-electron chi connectivity index (χ0n) is 34.4. The van der Waals surface area contributed by atoms with Crippen LogP contribution in [0.4, 0.5) is 17.1 Å². The van der Waals surface area contributed by atoms with Gasteiger partial charge in [0.1, 0.15) is 11.2 Å². The Hall–Kier alpha value is -8.20. The van der Waals surface area contributed by atoms with E-state index in [0.29, 0.717) is 0 Å². The van der Waals surface area contributed by atoms with Gasteiger partial charge >= 0.3 is 0 Å². The van der Waals surface area contributed by atoms with E-state index in [4.69, 9.17) is 4.42 Å². The van der Waals surface area contributed by atoms with Gasteiger partial charge in [-0.3, -0.25) is 0 Å². The van der Waals surface area contributed by atoms with E-state index in [-0.39, 0.29) is 5.92 Å². The van der Waals surface area contributed by atoms with Crippen LogP contribution < -0.4 is 4.90 Å². The van der Waals surface area contributed by atoms with Gasteiger partial charge in [-0.2, -0.15) is 0 Å². The van der Waals surface area contributed by atoms with Gasteiger partial charge in [0.15, 0.2) is 0 Å². The number of hydrogen-bond acceptors (Lipinski definition) is 2. The Morgan fingerprint density at radius 3 is 1.62 bits per heavy atom. The Labute approximate surface area is 366 Å². The number of hydrogen-bond donors (Lipinski definition) is 0. The molecule has 294 valence electrons. The maximum Gasteiger partial charge on any atom is 0.136 e. The summed E-state index contributed by atoms with van der Waals surface area (Å²) in [6.07, 6.45) is 0. The molecule has 0 N–H and O–H groups in total. The second kappa shape index (κ2) is 14.2. The van der Waals surface area contributed by atoms with Crippen molar-refractivity contribution in [1.29, 1.82) is 0 Å². The van der Waals surface area contributed by atoms with Crippen LogP contribution in [0.2, 0.25) is 0 Å². The smallest absolute Gasteiger partial charge is 0.136 e. The van der Waals surface area contributed by atoms with E-state index in [0.717, 1.165) is 39.0 Å². The highest BCUT2D eigenvalue weighted by molar-refractivity contribution is 6.19. The Balaban J connectivity index is 1.05. The van der Waals surface area contributed by atoms with Crippen molar-refractivity contribution in [2.75, 3.05) is 4.90 Å². The van der Waals surface area contributed by atoms with Gasteiger partial charge in [-0.05, 0) is 132 Å². The first-order valence-electron chi connectivity index (χ1n) is 21.8. The molecule has 0 saturated carbocycles. The molecule has 0 radical (unpaired) electrons. The van der Waals surface area contributed by atoms with Crippen LogP contribution in [0, 0.1) is 0 Å². The monoisotopic (exact) mass is 801 g/mol. The average molecular weight is 802 g/mol. The summed E-state index contributed by atoms with van der Waals surface area (Å²) >= 11 is 0. The third kappa shape index (κ3) is 5.58. The number of fused-ring (bicyclic) bond motifs is 15. The zero-order valence-corrected chi connectivity index (χ0v) is 34.4. The minimum Gasteiger partial charge on any atom is -0.456 e. The second-order valence-electron chi connectivity index (χ2n) is 16.7. The molecule has 1 aromatic heterocycles. The van der Waals surface area contributed by atoms with Gasteiger partial charge in [0.05, 0.1) is 0 Å². The molecule has 2 aliphatic rings. The average Bonchev–Trinajstić information content (AvgIpc) is 3.90. The van der Waals surface area contributed by atoms with Gasteiger partial charge in [0.25, 0.3) is 0 Å². The summed E-state index contributed by atoms with van der Waals surface area (Å²) in [7, 11) is 0. The van der Waals surface area contributed by atoms with Crippen LogP contribution in [0.15, 0.2) is 235 Å². The van der Waals surface area contributed by atoms with Gasteiger partial charge in [-0.15, -0.1) is 0 Å². The lowest BCUT2D eigenvalue weighted by Gasteiger charge is -2.29. The first-order chi connectivity index (χ1) is 31.3. The summed E-state index contributed by atoms with van der Waals surface area (Å²) in [5, 5.41) is 2.28. The third-order valence-corrected chi connectivity index (χ3v) is 13.3. The molecule has 10 aromatic carbocycles. The van der Waals surface area contributed by atoms with E-state index in [1.807, 2.05) is 0 Å². The van der Waals surface area contributed by atoms with Gasteiger partial charge in [0, 0.05) is 39.3 Å². The molecule has 1 unspecified atom stereocenters. The number of furan rings is 1. The molecule has 2 heteroatoms. The Morgan fingerprint density at radius 2 is 0.841 bits per heavy atom. The number of para-hydroxylation sites is 1. The van der Waals surface area contributed by atoms with E-state index in [1.165, 1.54) is 83.5 Å². The molecule has 13 rings (SSSR count). The highest BCUT2D eigenvalue weighted by atomic mass is 16.3. The number of anilines is 3. The van der Waals surface area contributed by atoms with Crippen LogP contribution in [0.5, 0.6) is 0 Å². The fraction of sp³-hybridized carbons (Fsp3) is 0.0164. The van der Waals surface area contributed by atoms with Crippen LogP contribution in [-0.2, 0) is 0 Å². The predicted octanol–water partition coefficient (Wildman–Crippen LogP) is 16.9. The van der Waals surface area contributed by atoms with Crippen LogP contribution in [0.3, 0.4) is 0 Å². The van der Waals surface area contributed by atoms with E-state index in [2.05, 4.69) is 235 Å². The summed E-state index contributed by atoms with van der Waals surface area (Å²) in [5.41, 5.74) is 23.7. The topological polar surface area (TPSA) is 16.4 Å². The molecule has 0 fully saturated rings. The first kappa shape index (κ1) is 35.5. The maximum absolute atomic E-state index is 6.53. The Bertz CT molecular complexity index is 3560. The molecule has 2 nitrogen and oxygen atoms in total. The third-order valence-electron chi connectivity index (χ3n) is 13.3. The van der Waals surface area contributed by atoms with E-state index < -0.39 is 0 Å². The fourth-order valence-electron chi connectivity index (χ4n) is 10.6. The van der Waals surface area contributed by atoms with E-state index >= 15 is 0 Å². The highest BCUT2D eigenvalue weighted by Crippen LogP contribution is 2.54. The van der Waals surface area contributed by atoms with Gasteiger partial charge in [-0.1, -0.05) is 176 Å². The van der Waals surface area contributed by atoms with Crippen molar-refractivity contribution < 1.29 is 4.42 Å². The SMILES string of the molecule is c1ccc(-c2ccc(N(c3ccc4c(c3)-c3ccccc3-c3ccccc3-c3c-4ccc4oc5ccccc5c34)c3ccc4c(c3)-c3ccccc3C4c3ccccc3)cc2)cc1. The van der Waals surface area contributed by atoms with Crippen molar-refractivity contribution in [3.63, 3.8) is 0 Å². The lowest BCUT2D eigenvalue weighted by Crippen LogP contribution is -2.11. The molecule has 1 heterocycles. The predicted molar refractivity (Wildman–Crippen MR) is 262 cm³/mol. The summed E-state index contributed by atoms with van der Waals surface area (Å²) in [6.45, 7) is 0. The van der Waals surface area contributed by atoms with E-state index in [9.17, 15) is 0 Å². The summed E-state index contributed by atoms with van der Waals surface area (Å²) in [5.74, 6) is 0.180. The van der Waals surface area contributed by atoms with Crippen molar-refractivity contribution in [2.45, 2.75) is 5.92 Å². The van der Waals surface area contributed by atoms with Gasteiger partial charge < -0.3 is 9.32 Å². The van der Waals surface area contributed by atoms with Crippen LogP contribution in [0.1, 0.15) is 22.6 Å². The molecule has 2 aliphatic carbocycles. The first-order valence-corrected chi connectivity index (χ1v) is 21.8. The molecular weight excluding hydrogens is 763 g/mol. The minimum absolute atomic E-state index is 0.180. The van der Waals surface area contributed by atoms with Crippen LogP contribution >= 0.6 is 0 Å². The molecule has 0 saturated heterocycles. The van der Waals surface area contributed by atoms with Crippen molar-refractivity contribution in [1.82, 2.24) is 0 Å². The molecule has 63 heavy (non-hydrogen) atoms. The molecular formula is C61H39NO. The second-order valence-corrected chi connectivity index (χ2v) is 16.7.